The van der Waals surface area contributed by atoms with Crippen LogP contribution in [0.4, 0.5) is 0 Å². The summed E-state index contributed by atoms with van der Waals surface area (Å²) in [5.74, 6) is -0.0658. The van der Waals surface area contributed by atoms with Crippen LogP contribution in [-0.2, 0) is 11.2 Å². The molecule has 0 saturated heterocycles. The van der Waals surface area contributed by atoms with Crippen LogP contribution in [0.1, 0.15) is 60.0 Å². The zero-order valence-corrected chi connectivity index (χ0v) is 19.5. The monoisotopic (exact) mass is 440 g/mol. The number of hydrogen-bond acceptors (Lipinski definition) is 3. The Hall–Kier alpha value is -2.17. The van der Waals surface area contributed by atoms with Crippen LogP contribution in [0.15, 0.2) is 48.5 Å². The first-order chi connectivity index (χ1) is 14.8. The minimum absolute atomic E-state index is 0.0275. The van der Waals surface area contributed by atoms with Crippen molar-refractivity contribution in [3.63, 3.8) is 0 Å². The smallest absolute Gasteiger partial charge is 0.220 e. The molecule has 0 atom stereocenters. The van der Waals surface area contributed by atoms with Crippen LogP contribution in [0.5, 0.6) is 0 Å². The van der Waals surface area contributed by atoms with Crippen LogP contribution in [0.25, 0.3) is 0 Å². The van der Waals surface area contributed by atoms with Gasteiger partial charge in [-0.05, 0) is 88.5 Å². The summed E-state index contributed by atoms with van der Waals surface area (Å²) in [7, 11) is 4.33. The minimum Gasteiger partial charge on any atom is -0.353 e. The SMILES string of the molecule is Cc1ccccc1CC1(N(C)C)CCC(NC(=O)CCC(=O)c2ccc(Cl)cc2)CC1. The number of aryl methyl sites for hydroxylation is 1. The van der Waals surface area contributed by atoms with Crippen molar-refractivity contribution in [2.75, 3.05) is 14.1 Å². The van der Waals surface area contributed by atoms with Crippen LogP contribution in [-0.4, -0.2) is 42.3 Å². The molecule has 0 aliphatic heterocycles. The molecule has 1 aliphatic carbocycles. The molecule has 3 rings (SSSR count). The fraction of sp³-hybridized carbons (Fsp3) is 0.462. The fourth-order valence-corrected chi connectivity index (χ4v) is 4.68. The van der Waals surface area contributed by atoms with E-state index in [1.165, 1.54) is 11.1 Å². The molecule has 2 aromatic carbocycles. The summed E-state index contributed by atoms with van der Waals surface area (Å²) in [4.78, 5) is 27.1. The van der Waals surface area contributed by atoms with Crippen molar-refractivity contribution >= 4 is 23.3 Å². The Balaban J connectivity index is 1.50. The quantitative estimate of drug-likeness (QED) is 0.573. The topological polar surface area (TPSA) is 49.4 Å². The summed E-state index contributed by atoms with van der Waals surface area (Å²) >= 11 is 5.87. The number of halogens is 1. The number of rotatable bonds is 8. The van der Waals surface area contributed by atoms with Crippen molar-refractivity contribution in [2.45, 2.75) is 63.5 Å². The molecule has 0 radical (unpaired) electrons. The standard InChI is InChI=1S/C26H33ClN2O2/c1-19-6-4-5-7-21(19)18-26(29(2)3)16-14-23(15-17-26)28-25(31)13-12-24(30)20-8-10-22(27)11-9-20/h4-11,23H,12-18H2,1-3H3,(H,28,31). The van der Waals surface area contributed by atoms with E-state index >= 15 is 0 Å². The Morgan fingerprint density at radius 3 is 2.29 bits per heavy atom. The largest absolute Gasteiger partial charge is 0.353 e. The predicted octanol–water partition coefficient (Wildman–Crippen LogP) is 5.21. The van der Waals surface area contributed by atoms with Gasteiger partial charge in [0.05, 0.1) is 0 Å². The van der Waals surface area contributed by atoms with Gasteiger partial charge in [0.1, 0.15) is 0 Å². The molecule has 166 valence electrons. The lowest BCUT2D eigenvalue weighted by Crippen LogP contribution is -2.52. The van der Waals surface area contributed by atoms with E-state index in [0.717, 1.165) is 32.1 Å². The first kappa shape index (κ1) is 23.5. The molecule has 0 aromatic heterocycles. The van der Waals surface area contributed by atoms with Gasteiger partial charge in [-0.1, -0.05) is 35.9 Å². The first-order valence-electron chi connectivity index (χ1n) is 11.1. The molecule has 0 unspecified atom stereocenters. The van der Waals surface area contributed by atoms with Crippen LogP contribution in [0.3, 0.4) is 0 Å². The summed E-state index contributed by atoms with van der Waals surface area (Å²) < 4.78 is 0. The summed E-state index contributed by atoms with van der Waals surface area (Å²) in [6.45, 7) is 2.18. The minimum atomic E-state index is -0.0384. The zero-order valence-electron chi connectivity index (χ0n) is 18.8. The van der Waals surface area contributed by atoms with E-state index in [9.17, 15) is 9.59 Å². The van der Waals surface area contributed by atoms with Gasteiger partial charge in [-0.15, -0.1) is 0 Å². The fourth-order valence-electron chi connectivity index (χ4n) is 4.55. The second-order valence-corrected chi connectivity index (χ2v) is 9.43. The van der Waals surface area contributed by atoms with Crippen LogP contribution >= 0.6 is 11.6 Å². The molecule has 1 saturated carbocycles. The van der Waals surface area contributed by atoms with Gasteiger partial charge >= 0.3 is 0 Å². The molecule has 1 aliphatic rings. The van der Waals surface area contributed by atoms with Crippen molar-refractivity contribution < 1.29 is 9.59 Å². The Bertz CT molecular complexity index is 900. The van der Waals surface area contributed by atoms with Crippen molar-refractivity contribution in [2.24, 2.45) is 0 Å². The average Bonchev–Trinajstić information content (AvgIpc) is 2.75. The van der Waals surface area contributed by atoms with E-state index in [1.54, 1.807) is 24.3 Å². The van der Waals surface area contributed by atoms with E-state index in [-0.39, 0.29) is 36.1 Å². The highest BCUT2D eigenvalue weighted by molar-refractivity contribution is 6.30. The second kappa shape index (κ2) is 10.4. The Morgan fingerprint density at radius 1 is 1.03 bits per heavy atom. The van der Waals surface area contributed by atoms with Gasteiger partial charge in [0, 0.05) is 35.0 Å². The van der Waals surface area contributed by atoms with E-state index in [1.807, 2.05) is 0 Å². The average molecular weight is 441 g/mol. The van der Waals surface area contributed by atoms with Gasteiger partial charge in [-0.25, -0.2) is 0 Å². The number of Topliss-reactive ketones (excluding diaryl/α,β-unsaturated/α-hetero) is 1. The Labute approximate surface area is 191 Å². The summed E-state index contributed by atoms with van der Waals surface area (Å²) in [5.41, 5.74) is 3.46. The third kappa shape index (κ3) is 6.18. The first-order valence-corrected chi connectivity index (χ1v) is 11.5. The molecule has 1 fully saturated rings. The molecule has 5 heteroatoms. The number of nitrogens with one attached hydrogen (secondary N) is 1. The van der Waals surface area contributed by atoms with Gasteiger partial charge in [0.2, 0.25) is 5.91 Å². The summed E-state index contributed by atoms with van der Waals surface area (Å²) in [6, 6.07) is 15.6. The van der Waals surface area contributed by atoms with Crippen molar-refractivity contribution in [3.8, 4) is 0 Å². The van der Waals surface area contributed by atoms with Crippen molar-refractivity contribution in [3.05, 3.63) is 70.2 Å². The molecular weight excluding hydrogens is 408 g/mol. The number of benzene rings is 2. The molecule has 1 N–H and O–H groups in total. The highest BCUT2D eigenvalue weighted by Crippen LogP contribution is 2.36. The van der Waals surface area contributed by atoms with E-state index < -0.39 is 0 Å². The lowest BCUT2D eigenvalue weighted by atomic mass is 9.74. The highest BCUT2D eigenvalue weighted by atomic mass is 35.5. The van der Waals surface area contributed by atoms with E-state index in [2.05, 4.69) is 55.5 Å². The summed E-state index contributed by atoms with van der Waals surface area (Å²) in [5, 5.41) is 3.76. The maximum Gasteiger partial charge on any atom is 0.220 e. The van der Waals surface area contributed by atoms with E-state index in [0.29, 0.717) is 10.6 Å². The zero-order chi connectivity index (χ0) is 22.4. The Kier molecular flexibility index (Phi) is 7.90. The van der Waals surface area contributed by atoms with Crippen LogP contribution in [0, 0.1) is 6.92 Å². The molecule has 31 heavy (non-hydrogen) atoms. The predicted molar refractivity (Wildman–Crippen MR) is 127 cm³/mol. The van der Waals surface area contributed by atoms with Gasteiger partial charge in [0.15, 0.2) is 5.78 Å². The number of amides is 1. The molecule has 0 heterocycles. The van der Waals surface area contributed by atoms with Crippen LogP contribution in [0.2, 0.25) is 5.02 Å². The van der Waals surface area contributed by atoms with Crippen molar-refractivity contribution in [1.29, 1.82) is 0 Å². The number of likely N-dealkylation sites (N-methyl/N-ethyl adjacent to an activating group) is 1. The van der Waals surface area contributed by atoms with Gasteiger partial charge < -0.3 is 10.2 Å². The lowest BCUT2D eigenvalue weighted by Gasteiger charge is -2.45. The van der Waals surface area contributed by atoms with Gasteiger partial charge in [-0.3, -0.25) is 9.59 Å². The van der Waals surface area contributed by atoms with E-state index in [4.69, 9.17) is 11.6 Å². The highest BCUT2D eigenvalue weighted by Gasteiger charge is 2.37. The maximum atomic E-state index is 12.4. The number of ketones is 1. The summed E-state index contributed by atoms with van der Waals surface area (Å²) in [6.07, 6.45) is 5.48. The third-order valence-corrected chi connectivity index (χ3v) is 7.01. The normalized spacial score (nSPS) is 21.1. The molecule has 0 spiro atoms. The Morgan fingerprint density at radius 2 is 1.68 bits per heavy atom. The van der Waals surface area contributed by atoms with Gasteiger partial charge in [0.25, 0.3) is 0 Å². The third-order valence-electron chi connectivity index (χ3n) is 6.76. The molecule has 0 bridgehead atoms. The van der Waals surface area contributed by atoms with Gasteiger partial charge in [-0.2, -0.15) is 0 Å². The molecular formula is C26H33ClN2O2. The molecule has 2 aromatic rings. The number of carbonyl (C=O) groups excluding carboxylic acids is 2. The number of carbonyl (C=O) groups is 2. The van der Waals surface area contributed by atoms with Crippen molar-refractivity contribution in [1.82, 2.24) is 10.2 Å². The maximum absolute atomic E-state index is 12.4. The number of nitrogens with zero attached hydrogens (tertiary/aromatic N) is 1. The number of hydrogen-bond donors (Lipinski definition) is 1. The van der Waals surface area contributed by atoms with Crippen LogP contribution < -0.4 is 5.32 Å². The second-order valence-electron chi connectivity index (χ2n) is 8.99. The molecule has 1 amide bonds. The molecule has 4 nitrogen and oxygen atoms in total. The lowest BCUT2D eigenvalue weighted by molar-refractivity contribution is -0.122.